The molecule has 4 rings (SSSR count). The fourth-order valence-electron chi connectivity index (χ4n) is 4.85. The number of hydrogen-bond acceptors (Lipinski definition) is 5. The smallest absolute Gasteiger partial charge is 0.337 e. The zero-order valence-corrected chi connectivity index (χ0v) is 16.9. The molecule has 2 saturated carbocycles. The fourth-order valence-corrected chi connectivity index (χ4v) is 8.79. The molecule has 1 aromatic carbocycles. The SMILES string of the molecule is COC(=O)c1ccc(C)c(NC(=O)C2C[C@H]3CC[C@@H](C2)C32SCCS2)c1. The third-order valence-corrected chi connectivity index (χ3v) is 10.2. The topological polar surface area (TPSA) is 55.4 Å². The molecule has 0 aromatic heterocycles. The van der Waals surface area contributed by atoms with Crippen LogP contribution in [0.25, 0.3) is 0 Å². The predicted molar refractivity (Wildman–Crippen MR) is 108 cm³/mol. The van der Waals surface area contributed by atoms with Crippen molar-refractivity contribution < 1.29 is 14.3 Å². The van der Waals surface area contributed by atoms with Gasteiger partial charge in [-0.3, -0.25) is 4.79 Å². The van der Waals surface area contributed by atoms with Gasteiger partial charge in [0.1, 0.15) is 0 Å². The molecule has 3 atom stereocenters. The lowest BCUT2D eigenvalue weighted by molar-refractivity contribution is -0.121. The van der Waals surface area contributed by atoms with Gasteiger partial charge in [0.15, 0.2) is 0 Å². The summed E-state index contributed by atoms with van der Waals surface area (Å²) in [4.78, 5) is 24.7. The Morgan fingerprint density at radius 1 is 1.15 bits per heavy atom. The van der Waals surface area contributed by atoms with Crippen LogP contribution >= 0.6 is 23.5 Å². The standard InChI is InChI=1S/C20H25NO3S2/c1-12-3-4-13(19(23)24-2)11-17(12)21-18(22)14-9-15-5-6-16(10-14)20(15)25-7-8-26-20/h3-4,11,14-16H,5-10H2,1-2H3,(H,21,22)/t14?,15-,16+. The van der Waals surface area contributed by atoms with Gasteiger partial charge in [0.25, 0.3) is 0 Å². The van der Waals surface area contributed by atoms with Crippen molar-refractivity contribution in [1.29, 1.82) is 0 Å². The first-order chi connectivity index (χ1) is 12.5. The van der Waals surface area contributed by atoms with Crippen molar-refractivity contribution in [3.8, 4) is 0 Å². The van der Waals surface area contributed by atoms with Crippen LogP contribution in [0.3, 0.4) is 0 Å². The largest absolute Gasteiger partial charge is 0.465 e. The van der Waals surface area contributed by atoms with E-state index in [2.05, 4.69) is 28.8 Å². The highest BCUT2D eigenvalue weighted by molar-refractivity contribution is 8.21. The van der Waals surface area contributed by atoms with Crippen LogP contribution < -0.4 is 5.32 Å². The highest BCUT2D eigenvalue weighted by atomic mass is 32.2. The van der Waals surface area contributed by atoms with Gasteiger partial charge in [0, 0.05) is 23.1 Å². The second-order valence-electron chi connectivity index (χ2n) is 7.57. The lowest BCUT2D eigenvalue weighted by Crippen LogP contribution is -2.41. The van der Waals surface area contributed by atoms with E-state index >= 15 is 0 Å². The summed E-state index contributed by atoms with van der Waals surface area (Å²) in [5.41, 5.74) is 2.15. The number of thioether (sulfide) groups is 2. The van der Waals surface area contributed by atoms with E-state index < -0.39 is 0 Å². The maximum absolute atomic E-state index is 13.0. The predicted octanol–water partition coefficient (Wildman–Crippen LogP) is 4.33. The molecule has 1 N–H and O–H groups in total. The first-order valence-electron chi connectivity index (χ1n) is 9.31. The van der Waals surface area contributed by atoms with Crippen molar-refractivity contribution in [3.05, 3.63) is 29.3 Å². The molecule has 4 nitrogen and oxygen atoms in total. The Hall–Kier alpha value is -1.14. The van der Waals surface area contributed by atoms with Crippen LogP contribution in [0.4, 0.5) is 5.69 Å². The molecule has 26 heavy (non-hydrogen) atoms. The van der Waals surface area contributed by atoms with E-state index in [1.807, 2.05) is 13.0 Å². The molecule has 2 bridgehead atoms. The minimum absolute atomic E-state index is 0.0844. The van der Waals surface area contributed by atoms with Crippen LogP contribution in [0.1, 0.15) is 41.6 Å². The second kappa shape index (κ2) is 7.12. The number of amides is 1. The maximum atomic E-state index is 13.0. The van der Waals surface area contributed by atoms with E-state index in [1.54, 1.807) is 12.1 Å². The van der Waals surface area contributed by atoms with Crippen LogP contribution in [-0.2, 0) is 9.53 Å². The van der Waals surface area contributed by atoms with Gasteiger partial charge in [-0.15, -0.1) is 23.5 Å². The van der Waals surface area contributed by atoms with Crippen LogP contribution in [0.2, 0.25) is 0 Å². The van der Waals surface area contributed by atoms with Gasteiger partial charge in [0.2, 0.25) is 5.91 Å². The summed E-state index contributed by atoms with van der Waals surface area (Å²) in [7, 11) is 1.37. The molecule has 6 heteroatoms. The molecule has 0 radical (unpaired) electrons. The number of anilines is 1. The fraction of sp³-hybridized carbons (Fsp3) is 0.600. The zero-order valence-electron chi connectivity index (χ0n) is 15.2. The maximum Gasteiger partial charge on any atom is 0.337 e. The van der Waals surface area contributed by atoms with E-state index in [4.69, 9.17) is 4.74 Å². The molecule has 1 unspecified atom stereocenters. The van der Waals surface area contributed by atoms with Crippen molar-refractivity contribution in [2.75, 3.05) is 23.9 Å². The molecular formula is C20H25NO3S2. The molecule has 3 aliphatic rings. The Bertz CT molecular complexity index is 714. The van der Waals surface area contributed by atoms with Crippen molar-refractivity contribution in [2.45, 2.75) is 36.7 Å². The third-order valence-electron chi connectivity index (χ3n) is 6.17. The van der Waals surface area contributed by atoms with Gasteiger partial charge in [-0.25, -0.2) is 4.79 Å². The van der Waals surface area contributed by atoms with Crippen LogP contribution in [-0.4, -0.2) is 34.6 Å². The van der Waals surface area contributed by atoms with E-state index in [9.17, 15) is 9.59 Å². The summed E-state index contributed by atoms with van der Waals surface area (Å²) in [6.45, 7) is 1.95. The van der Waals surface area contributed by atoms with E-state index in [-0.39, 0.29) is 17.8 Å². The van der Waals surface area contributed by atoms with Gasteiger partial charge in [-0.1, -0.05) is 6.07 Å². The Morgan fingerprint density at radius 3 is 2.42 bits per heavy atom. The summed E-state index contributed by atoms with van der Waals surface area (Å²) < 4.78 is 5.19. The van der Waals surface area contributed by atoms with E-state index in [0.717, 1.165) is 24.1 Å². The molecule has 2 aliphatic carbocycles. The minimum atomic E-state index is -0.381. The normalized spacial score (nSPS) is 28.9. The van der Waals surface area contributed by atoms with Crippen molar-refractivity contribution in [2.24, 2.45) is 17.8 Å². The molecule has 140 valence electrons. The highest BCUT2D eigenvalue weighted by Gasteiger charge is 2.57. The van der Waals surface area contributed by atoms with Crippen LogP contribution in [0, 0.1) is 24.7 Å². The number of esters is 1. The molecule has 3 fully saturated rings. The van der Waals surface area contributed by atoms with E-state index in [0.29, 0.717) is 21.5 Å². The minimum Gasteiger partial charge on any atom is -0.465 e. The van der Waals surface area contributed by atoms with Crippen molar-refractivity contribution in [3.63, 3.8) is 0 Å². The number of carbonyl (C=O) groups excluding carboxylic acids is 2. The van der Waals surface area contributed by atoms with E-state index in [1.165, 1.54) is 31.5 Å². The molecular weight excluding hydrogens is 366 g/mol. The summed E-state index contributed by atoms with van der Waals surface area (Å²) in [5, 5.41) is 3.09. The van der Waals surface area contributed by atoms with Crippen LogP contribution in [0.5, 0.6) is 0 Å². The Kier molecular flexibility index (Phi) is 4.99. The highest BCUT2D eigenvalue weighted by Crippen LogP contribution is 2.65. The van der Waals surface area contributed by atoms with Gasteiger partial charge in [-0.2, -0.15) is 0 Å². The molecule has 1 aliphatic heterocycles. The van der Waals surface area contributed by atoms with Crippen molar-refractivity contribution >= 4 is 41.1 Å². The quantitative estimate of drug-likeness (QED) is 0.777. The lowest BCUT2D eigenvalue weighted by atomic mass is 9.79. The summed E-state index contributed by atoms with van der Waals surface area (Å²) in [5.74, 6) is 3.65. The molecule has 1 spiro atoms. The number of aryl methyl sites for hydroxylation is 1. The number of carbonyl (C=O) groups is 2. The average molecular weight is 392 g/mol. The number of benzene rings is 1. The average Bonchev–Trinajstić information content (AvgIpc) is 3.18. The van der Waals surface area contributed by atoms with Gasteiger partial charge >= 0.3 is 5.97 Å². The number of hydrogen-bond donors (Lipinski definition) is 1. The monoisotopic (exact) mass is 391 g/mol. The first-order valence-corrected chi connectivity index (χ1v) is 11.3. The van der Waals surface area contributed by atoms with Gasteiger partial charge in [0.05, 0.1) is 16.8 Å². The summed E-state index contributed by atoms with van der Waals surface area (Å²) >= 11 is 4.30. The van der Waals surface area contributed by atoms with Crippen LogP contribution in [0.15, 0.2) is 18.2 Å². The number of methoxy groups -OCH3 is 1. The zero-order chi connectivity index (χ0) is 18.3. The van der Waals surface area contributed by atoms with Gasteiger partial charge < -0.3 is 10.1 Å². The molecule has 1 aromatic rings. The molecule has 1 amide bonds. The number of nitrogens with one attached hydrogen (secondary N) is 1. The molecule has 1 heterocycles. The van der Waals surface area contributed by atoms with Gasteiger partial charge in [-0.05, 0) is 62.1 Å². The number of ether oxygens (including phenoxy) is 1. The first kappa shape index (κ1) is 18.2. The summed E-state index contributed by atoms with van der Waals surface area (Å²) in [6.07, 6.45) is 4.53. The molecule has 1 saturated heterocycles. The lowest BCUT2D eigenvalue weighted by Gasteiger charge is -2.42. The number of rotatable bonds is 3. The third kappa shape index (κ3) is 3.05. The summed E-state index contributed by atoms with van der Waals surface area (Å²) in [6, 6.07) is 5.31. The Labute approximate surface area is 163 Å². The second-order valence-corrected chi connectivity index (χ2v) is 10.6. The Balaban J connectivity index is 1.47. The Morgan fingerprint density at radius 2 is 1.81 bits per heavy atom. The van der Waals surface area contributed by atoms with Crippen molar-refractivity contribution in [1.82, 2.24) is 0 Å².